The minimum Gasteiger partial charge on any atom is -0.253 e. The van der Waals surface area contributed by atoms with Crippen molar-refractivity contribution in [1.82, 2.24) is 4.98 Å². The van der Waals surface area contributed by atoms with Crippen LogP contribution in [-0.2, 0) is 0 Å². The Labute approximate surface area is 103 Å². The number of pyridine rings is 1. The van der Waals surface area contributed by atoms with Gasteiger partial charge in [0.2, 0.25) is 0 Å². The molecule has 0 N–H and O–H groups in total. The van der Waals surface area contributed by atoms with Crippen molar-refractivity contribution < 1.29 is 0 Å². The Morgan fingerprint density at radius 1 is 1.06 bits per heavy atom. The van der Waals surface area contributed by atoms with Gasteiger partial charge in [0.15, 0.2) is 0 Å². The normalized spacial score (nSPS) is 10.5. The molecule has 0 aliphatic rings. The highest BCUT2D eigenvalue weighted by Crippen LogP contribution is 2.28. The van der Waals surface area contributed by atoms with Gasteiger partial charge in [-0.2, -0.15) is 0 Å². The highest BCUT2D eigenvalue weighted by Gasteiger charge is 2.09. The van der Waals surface area contributed by atoms with Gasteiger partial charge < -0.3 is 0 Å². The van der Waals surface area contributed by atoms with Gasteiger partial charge in [-0.3, -0.25) is 4.98 Å². The van der Waals surface area contributed by atoms with E-state index < -0.39 is 0 Å². The molecule has 1 aromatic heterocycles. The molecule has 1 heteroatoms. The summed E-state index contributed by atoms with van der Waals surface area (Å²) in [5.74, 6) is 0. The molecule has 0 saturated heterocycles. The van der Waals surface area contributed by atoms with E-state index in [1.807, 2.05) is 19.1 Å². The number of rotatable bonds is 2. The van der Waals surface area contributed by atoms with Crippen molar-refractivity contribution in [1.29, 1.82) is 0 Å². The summed E-state index contributed by atoms with van der Waals surface area (Å²) in [5, 5.41) is 1.20. The third-order valence-electron chi connectivity index (χ3n) is 3.19. The van der Waals surface area contributed by atoms with E-state index in [2.05, 4.69) is 44.1 Å². The van der Waals surface area contributed by atoms with Crippen LogP contribution in [0.25, 0.3) is 23.1 Å². The Bertz CT molecular complexity index is 621. The van der Waals surface area contributed by atoms with Gasteiger partial charge in [0.25, 0.3) is 0 Å². The van der Waals surface area contributed by atoms with Gasteiger partial charge in [0.05, 0.1) is 5.52 Å². The van der Waals surface area contributed by atoms with E-state index >= 15 is 0 Å². The Morgan fingerprint density at radius 2 is 1.76 bits per heavy atom. The van der Waals surface area contributed by atoms with E-state index in [1.54, 1.807) is 0 Å². The maximum absolute atomic E-state index is 4.64. The lowest BCUT2D eigenvalue weighted by molar-refractivity contribution is 1.22. The van der Waals surface area contributed by atoms with Gasteiger partial charge in [-0.25, -0.2) is 0 Å². The van der Waals surface area contributed by atoms with Crippen molar-refractivity contribution in [3.63, 3.8) is 0 Å². The first-order chi connectivity index (χ1) is 8.08. The van der Waals surface area contributed by atoms with E-state index in [-0.39, 0.29) is 0 Å². The predicted octanol–water partition coefficient (Wildman–Crippen LogP) is 4.45. The SMILES string of the molecule is C=Cc1cc2c(C)cc(C)nc2c(C)c1C=C. The summed E-state index contributed by atoms with van der Waals surface area (Å²) in [4.78, 5) is 4.64. The quantitative estimate of drug-likeness (QED) is 0.733. The first-order valence-corrected chi connectivity index (χ1v) is 5.75. The first-order valence-electron chi connectivity index (χ1n) is 5.75. The van der Waals surface area contributed by atoms with Crippen LogP contribution in [0.15, 0.2) is 25.3 Å². The molecule has 2 rings (SSSR count). The lowest BCUT2D eigenvalue weighted by Gasteiger charge is -2.12. The molecule has 0 aliphatic heterocycles. The second kappa shape index (κ2) is 4.17. The molecule has 1 aromatic carbocycles. The molecule has 1 heterocycles. The minimum atomic E-state index is 1.06. The molecular weight excluding hydrogens is 206 g/mol. The molecule has 0 atom stereocenters. The molecule has 0 amide bonds. The molecule has 0 radical (unpaired) electrons. The van der Waals surface area contributed by atoms with Crippen molar-refractivity contribution in [2.45, 2.75) is 20.8 Å². The number of aryl methyl sites for hydroxylation is 3. The van der Waals surface area contributed by atoms with E-state index in [1.165, 1.54) is 16.5 Å². The standard InChI is InChI=1S/C16H17N/c1-6-13-9-15-10(3)8-11(4)17-16(15)12(5)14(13)7-2/h6-9H,1-2H2,3-5H3. The number of aromatic nitrogens is 1. The smallest absolute Gasteiger partial charge is 0.0743 e. The Balaban J connectivity index is 3.00. The Kier molecular flexibility index (Phi) is 2.84. The van der Waals surface area contributed by atoms with Crippen LogP contribution < -0.4 is 0 Å². The molecule has 1 nitrogen and oxygen atoms in total. The summed E-state index contributed by atoms with van der Waals surface area (Å²) < 4.78 is 0. The fraction of sp³-hybridized carbons (Fsp3) is 0.188. The third-order valence-corrected chi connectivity index (χ3v) is 3.19. The van der Waals surface area contributed by atoms with Crippen molar-refractivity contribution in [3.05, 3.63) is 53.2 Å². The van der Waals surface area contributed by atoms with Gasteiger partial charge in [0.1, 0.15) is 0 Å². The van der Waals surface area contributed by atoms with Gasteiger partial charge in [-0.05, 0) is 55.2 Å². The Morgan fingerprint density at radius 3 is 2.35 bits per heavy atom. The highest BCUT2D eigenvalue weighted by molar-refractivity contribution is 5.91. The zero-order valence-electron chi connectivity index (χ0n) is 10.7. The summed E-state index contributed by atoms with van der Waals surface area (Å²) in [5.41, 5.74) is 6.82. The van der Waals surface area contributed by atoms with E-state index in [9.17, 15) is 0 Å². The summed E-state index contributed by atoms with van der Waals surface area (Å²) in [6.45, 7) is 14.0. The topological polar surface area (TPSA) is 12.9 Å². The van der Waals surface area contributed by atoms with E-state index in [0.717, 1.165) is 22.3 Å². The molecule has 0 unspecified atom stereocenters. The van der Waals surface area contributed by atoms with Crippen LogP contribution in [0.5, 0.6) is 0 Å². The largest absolute Gasteiger partial charge is 0.253 e. The summed E-state index contributed by atoms with van der Waals surface area (Å²) >= 11 is 0. The van der Waals surface area contributed by atoms with Crippen molar-refractivity contribution in [2.24, 2.45) is 0 Å². The number of nitrogens with zero attached hydrogens (tertiary/aromatic N) is 1. The Hall–Kier alpha value is -1.89. The predicted molar refractivity (Wildman–Crippen MR) is 76.1 cm³/mol. The summed E-state index contributed by atoms with van der Waals surface area (Å²) in [6.07, 6.45) is 3.76. The van der Waals surface area contributed by atoms with Crippen molar-refractivity contribution >= 4 is 23.1 Å². The molecule has 0 aliphatic carbocycles. The fourth-order valence-corrected chi connectivity index (χ4v) is 2.33. The number of fused-ring (bicyclic) bond motifs is 1. The zero-order valence-corrected chi connectivity index (χ0v) is 10.7. The maximum Gasteiger partial charge on any atom is 0.0743 e. The highest BCUT2D eigenvalue weighted by atomic mass is 14.7. The minimum absolute atomic E-state index is 1.06. The van der Waals surface area contributed by atoms with Crippen LogP contribution in [0.1, 0.15) is 27.9 Å². The molecule has 0 saturated carbocycles. The van der Waals surface area contributed by atoms with Crippen LogP contribution >= 0.6 is 0 Å². The molecule has 2 aromatic rings. The third kappa shape index (κ3) is 1.78. The average molecular weight is 223 g/mol. The molecule has 0 fully saturated rings. The molecule has 17 heavy (non-hydrogen) atoms. The first kappa shape index (κ1) is 11.6. The van der Waals surface area contributed by atoms with Gasteiger partial charge in [-0.15, -0.1) is 0 Å². The van der Waals surface area contributed by atoms with Crippen LogP contribution in [0.2, 0.25) is 0 Å². The summed E-state index contributed by atoms with van der Waals surface area (Å²) in [7, 11) is 0. The second-order valence-corrected chi connectivity index (χ2v) is 4.39. The van der Waals surface area contributed by atoms with Gasteiger partial charge in [0, 0.05) is 11.1 Å². The van der Waals surface area contributed by atoms with Crippen LogP contribution in [0.3, 0.4) is 0 Å². The van der Waals surface area contributed by atoms with Crippen LogP contribution in [0, 0.1) is 20.8 Å². The molecule has 86 valence electrons. The monoisotopic (exact) mass is 223 g/mol. The number of hydrogen-bond acceptors (Lipinski definition) is 1. The van der Waals surface area contributed by atoms with E-state index in [4.69, 9.17) is 0 Å². The molecule has 0 spiro atoms. The van der Waals surface area contributed by atoms with Crippen LogP contribution in [0.4, 0.5) is 0 Å². The summed E-state index contributed by atoms with van der Waals surface area (Å²) in [6, 6.07) is 4.26. The van der Waals surface area contributed by atoms with Gasteiger partial charge >= 0.3 is 0 Å². The maximum atomic E-state index is 4.64. The lowest BCUT2D eigenvalue weighted by Crippen LogP contribution is -1.95. The number of benzene rings is 1. The van der Waals surface area contributed by atoms with E-state index in [0.29, 0.717) is 0 Å². The van der Waals surface area contributed by atoms with Crippen molar-refractivity contribution in [3.8, 4) is 0 Å². The molecular formula is C16H17N. The second-order valence-electron chi connectivity index (χ2n) is 4.39. The van der Waals surface area contributed by atoms with Crippen molar-refractivity contribution in [2.75, 3.05) is 0 Å². The molecule has 0 bridgehead atoms. The lowest BCUT2D eigenvalue weighted by atomic mass is 9.95. The van der Waals surface area contributed by atoms with Gasteiger partial charge in [-0.1, -0.05) is 25.3 Å². The number of hydrogen-bond donors (Lipinski definition) is 0. The average Bonchev–Trinajstić information content (AvgIpc) is 2.30. The van der Waals surface area contributed by atoms with Crippen LogP contribution in [-0.4, -0.2) is 4.98 Å². The zero-order chi connectivity index (χ0) is 12.6. The fourth-order valence-electron chi connectivity index (χ4n) is 2.33.